The van der Waals surface area contributed by atoms with Gasteiger partial charge >= 0.3 is 6.18 Å². The third-order valence-corrected chi connectivity index (χ3v) is 5.66. The fourth-order valence-electron chi connectivity index (χ4n) is 4.11. The monoisotopic (exact) mass is 500 g/mol. The van der Waals surface area contributed by atoms with Gasteiger partial charge in [-0.1, -0.05) is 30.3 Å². The molecule has 1 aromatic rings. The number of alkyl halides is 3. The number of halogens is 5. The molecule has 2 amide bonds. The van der Waals surface area contributed by atoms with Crippen molar-refractivity contribution in [2.24, 2.45) is 0 Å². The molecule has 0 aromatic heterocycles. The van der Waals surface area contributed by atoms with E-state index in [0.29, 0.717) is 25.2 Å². The van der Waals surface area contributed by atoms with Crippen molar-refractivity contribution in [3.63, 3.8) is 0 Å². The Balaban J connectivity index is 0.00000256. The molecule has 2 saturated heterocycles. The standard InChI is InChI=1S/C20H27F3N4O3.2ClH/c21-20(22,23)12-17(29)25-19(15-4-2-1-3-5-15)6-9-26(13-16(19)28)14-18(30)27-10-7-24-8-11-27;;/h1-5,16,24,28H,6-14H2,(H,25,29);2*1H/t16-,19+;;/m1../s1. The van der Waals surface area contributed by atoms with Crippen molar-refractivity contribution in [1.82, 2.24) is 20.4 Å². The molecular weight excluding hydrogens is 472 g/mol. The Morgan fingerprint density at radius 3 is 2.31 bits per heavy atom. The van der Waals surface area contributed by atoms with Gasteiger partial charge in [0.15, 0.2) is 0 Å². The number of carbonyl (C=O) groups is 2. The summed E-state index contributed by atoms with van der Waals surface area (Å²) in [4.78, 5) is 28.2. The minimum atomic E-state index is -4.64. The zero-order valence-corrected chi connectivity index (χ0v) is 19.1. The number of nitrogens with zero attached hydrogens (tertiary/aromatic N) is 2. The summed E-state index contributed by atoms with van der Waals surface area (Å²) in [5.74, 6) is -1.23. The van der Waals surface area contributed by atoms with Crippen LogP contribution < -0.4 is 10.6 Å². The number of aliphatic hydroxyl groups is 1. The number of aliphatic hydroxyl groups excluding tert-OH is 1. The van der Waals surface area contributed by atoms with Crippen molar-refractivity contribution in [3.05, 3.63) is 35.9 Å². The van der Waals surface area contributed by atoms with Crippen molar-refractivity contribution in [2.45, 2.75) is 30.7 Å². The maximum Gasteiger partial charge on any atom is 0.397 e. The molecule has 0 radical (unpaired) electrons. The average molecular weight is 501 g/mol. The third kappa shape index (κ3) is 7.21. The van der Waals surface area contributed by atoms with E-state index in [4.69, 9.17) is 0 Å². The number of β-amino-alcohol motifs (C(OH)–C–C–N with tert-alkyl or cyclic N) is 1. The van der Waals surface area contributed by atoms with E-state index in [2.05, 4.69) is 10.6 Å². The predicted molar refractivity (Wildman–Crippen MR) is 118 cm³/mol. The molecule has 7 nitrogen and oxygen atoms in total. The minimum absolute atomic E-state index is 0. The van der Waals surface area contributed by atoms with E-state index in [0.717, 1.165) is 13.1 Å². The second-order valence-corrected chi connectivity index (χ2v) is 7.81. The zero-order chi connectivity index (χ0) is 21.8. The van der Waals surface area contributed by atoms with Gasteiger partial charge in [-0.05, 0) is 12.0 Å². The van der Waals surface area contributed by atoms with E-state index in [1.165, 1.54) is 0 Å². The van der Waals surface area contributed by atoms with Gasteiger partial charge in [-0.3, -0.25) is 14.5 Å². The summed E-state index contributed by atoms with van der Waals surface area (Å²) >= 11 is 0. The molecule has 2 fully saturated rings. The number of piperidine rings is 1. The number of benzene rings is 1. The third-order valence-electron chi connectivity index (χ3n) is 5.66. The van der Waals surface area contributed by atoms with Crippen molar-refractivity contribution >= 4 is 36.6 Å². The molecule has 1 aromatic carbocycles. The Morgan fingerprint density at radius 2 is 1.75 bits per heavy atom. The quantitative estimate of drug-likeness (QED) is 0.567. The maximum atomic E-state index is 12.7. The molecule has 3 N–H and O–H groups in total. The number of rotatable bonds is 5. The lowest BCUT2D eigenvalue weighted by Crippen LogP contribution is -2.63. The lowest BCUT2D eigenvalue weighted by Gasteiger charge is -2.46. The zero-order valence-electron chi connectivity index (χ0n) is 17.4. The molecule has 2 aliphatic heterocycles. The number of carbonyl (C=O) groups excluding carboxylic acids is 2. The molecule has 0 unspecified atom stereocenters. The Morgan fingerprint density at radius 1 is 1.12 bits per heavy atom. The van der Waals surface area contributed by atoms with Crippen LogP contribution in [0.2, 0.25) is 0 Å². The van der Waals surface area contributed by atoms with Gasteiger partial charge in [0.05, 0.1) is 18.2 Å². The van der Waals surface area contributed by atoms with Crippen molar-refractivity contribution < 1.29 is 27.9 Å². The molecule has 0 bridgehead atoms. The van der Waals surface area contributed by atoms with Gasteiger partial charge in [-0.15, -0.1) is 24.8 Å². The molecule has 0 aliphatic carbocycles. The Hall–Kier alpha value is -1.59. The first-order valence-corrected chi connectivity index (χ1v) is 10.0. The van der Waals surface area contributed by atoms with Crippen LogP contribution in [-0.2, 0) is 15.1 Å². The first-order valence-electron chi connectivity index (χ1n) is 10.0. The molecule has 0 spiro atoms. The molecule has 2 atom stereocenters. The largest absolute Gasteiger partial charge is 0.397 e. The van der Waals surface area contributed by atoms with E-state index < -0.39 is 30.1 Å². The number of likely N-dealkylation sites (tertiary alicyclic amines) is 1. The molecular formula is C20H29Cl2F3N4O3. The highest BCUT2D eigenvalue weighted by Gasteiger charge is 2.46. The lowest BCUT2D eigenvalue weighted by molar-refractivity contribution is -0.157. The van der Waals surface area contributed by atoms with E-state index in [1.54, 1.807) is 40.1 Å². The fourth-order valence-corrected chi connectivity index (χ4v) is 4.11. The topological polar surface area (TPSA) is 84.9 Å². The predicted octanol–water partition coefficient (Wildman–Crippen LogP) is 1.29. The SMILES string of the molecule is Cl.Cl.O=C(CC(F)(F)F)N[C@]1(c2ccccc2)CCN(CC(=O)N2CCNCC2)C[C@H]1O. The fraction of sp³-hybridized carbons (Fsp3) is 0.600. The second-order valence-electron chi connectivity index (χ2n) is 7.81. The summed E-state index contributed by atoms with van der Waals surface area (Å²) in [6.07, 6.45) is -7.22. The van der Waals surface area contributed by atoms with E-state index in [-0.39, 0.29) is 50.2 Å². The number of piperazine rings is 1. The minimum Gasteiger partial charge on any atom is -0.389 e. The van der Waals surface area contributed by atoms with Crippen LogP contribution in [0.3, 0.4) is 0 Å². The highest BCUT2D eigenvalue weighted by Crippen LogP contribution is 2.34. The summed E-state index contributed by atoms with van der Waals surface area (Å²) in [5, 5.41) is 16.6. The van der Waals surface area contributed by atoms with Gasteiger partial charge in [0.1, 0.15) is 6.42 Å². The molecule has 3 rings (SSSR count). The van der Waals surface area contributed by atoms with Gasteiger partial charge < -0.3 is 20.6 Å². The van der Waals surface area contributed by atoms with Crippen LogP contribution in [-0.4, -0.2) is 84.8 Å². The molecule has 2 aliphatic rings. The van der Waals surface area contributed by atoms with Crippen LogP contribution in [0.15, 0.2) is 30.3 Å². The van der Waals surface area contributed by atoms with E-state index in [9.17, 15) is 27.9 Å². The van der Waals surface area contributed by atoms with Crippen molar-refractivity contribution in [2.75, 3.05) is 45.8 Å². The highest BCUT2D eigenvalue weighted by atomic mass is 35.5. The molecule has 0 saturated carbocycles. The van der Waals surface area contributed by atoms with Crippen LogP contribution >= 0.6 is 24.8 Å². The van der Waals surface area contributed by atoms with Gasteiger partial charge in [0.25, 0.3) is 0 Å². The lowest BCUT2D eigenvalue weighted by atomic mass is 9.78. The van der Waals surface area contributed by atoms with Crippen LogP contribution in [0.4, 0.5) is 13.2 Å². The summed E-state index contributed by atoms with van der Waals surface area (Å²) in [5.41, 5.74) is -0.792. The summed E-state index contributed by atoms with van der Waals surface area (Å²) < 4.78 is 38.1. The van der Waals surface area contributed by atoms with Gasteiger partial charge in [0.2, 0.25) is 11.8 Å². The Bertz CT molecular complexity index is 751. The first-order chi connectivity index (χ1) is 14.2. The van der Waals surface area contributed by atoms with Crippen LogP contribution in [0.1, 0.15) is 18.4 Å². The normalized spacial score (nSPS) is 24.1. The highest BCUT2D eigenvalue weighted by molar-refractivity contribution is 5.85. The summed E-state index contributed by atoms with van der Waals surface area (Å²) in [6.45, 7) is 3.26. The number of amides is 2. The Labute approximate surface area is 197 Å². The molecule has 182 valence electrons. The van der Waals surface area contributed by atoms with Crippen LogP contribution in [0, 0.1) is 0 Å². The summed E-state index contributed by atoms with van der Waals surface area (Å²) in [7, 11) is 0. The smallest absolute Gasteiger partial charge is 0.389 e. The molecule has 2 heterocycles. The van der Waals surface area contributed by atoms with E-state index in [1.807, 2.05) is 0 Å². The summed E-state index contributed by atoms with van der Waals surface area (Å²) in [6, 6.07) is 8.53. The van der Waals surface area contributed by atoms with Gasteiger partial charge in [0, 0.05) is 39.3 Å². The van der Waals surface area contributed by atoms with Crippen LogP contribution in [0.25, 0.3) is 0 Å². The van der Waals surface area contributed by atoms with E-state index >= 15 is 0 Å². The number of hydrogen-bond acceptors (Lipinski definition) is 5. The van der Waals surface area contributed by atoms with Gasteiger partial charge in [-0.2, -0.15) is 13.2 Å². The maximum absolute atomic E-state index is 12.7. The molecule has 32 heavy (non-hydrogen) atoms. The van der Waals surface area contributed by atoms with Gasteiger partial charge in [-0.25, -0.2) is 0 Å². The first kappa shape index (κ1) is 28.4. The number of hydrogen-bond donors (Lipinski definition) is 3. The van der Waals surface area contributed by atoms with Crippen molar-refractivity contribution in [3.8, 4) is 0 Å². The number of nitrogens with one attached hydrogen (secondary N) is 2. The Kier molecular flexibility index (Phi) is 10.7. The van der Waals surface area contributed by atoms with Crippen molar-refractivity contribution in [1.29, 1.82) is 0 Å². The average Bonchev–Trinajstić information content (AvgIpc) is 2.70. The molecule has 12 heteroatoms. The second kappa shape index (κ2) is 12.0. The van der Waals surface area contributed by atoms with Crippen LogP contribution in [0.5, 0.6) is 0 Å².